The zero-order chi connectivity index (χ0) is 55.5. The smallest absolute Gasteiger partial charge is 0.254 e. The fraction of sp³-hybridized carbons (Fsp3) is 0.393. The second kappa shape index (κ2) is 23.5. The third-order valence-electron chi connectivity index (χ3n) is 14.4. The van der Waals surface area contributed by atoms with E-state index >= 15 is 4.39 Å². The highest BCUT2D eigenvalue weighted by atomic mass is 35.5. The number of thiazole rings is 1. The Morgan fingerprint density at radius 3 is 2.50 bits per heavy atom. The number of methoxy groups -OCH3 is 1. The predicted octanol–water partition coefficient (Wildman–Crippen LogP) is 7.96. The fourth-order valence-corrected chi connectivity index (χ4v) is 11.3. The van der Waals surface area contributed by atoms with Crippen molar-refractivity contribution in [1.29, 1.82) is 0 Å². The molecule has 0 bridgehead atoms. The lowest BCUT2D eigenvalue weighted by atomic mass is 9.91. The van der Waals surface area contributed by atoms with Crippen molar-refractivity contribution in [3.8, 4) is 38.9 Å². The number of piperazine rings is 1. The topological polar surface area (TPSA) is 229 Å². The highest BCUT2D eigenvalue weighted by Gasteiger charge is 2.44. The number of aromatic hydroxyl groups is 1. The highest BCUT2D eigenvalue weighted by molar-refractivity contribution is 7.13. The molecule has 0 aliphatic carbocycles. The number of aryl methyl sites for hydroxylation is 1. The molecule has 4 amide bonds. The molecule has 19 nitrogen and oxygen atoms in total. The summed E-state index contributed by atoms with van der Waals surface area (Å²) in [5.41, 5.74) is 4.83. The van der Waals surface area contributed by atoms with E-state index in [1.165, 1.54) is 40.2 Å². The Kier molecular flexibility index (Phi) is 16.6. The Balaban J connectivity index is 0.823. The molecule has 78 heavy (non-hydrogen) atoms. The number of aliphatic hydroxyl groups excluding tert-OH is 1. The van der Waals surface area contributed by atoms with Crippen molar-refractivity contribution in [3.63, 3.8) is 0 Å². The Morgan fingerprint density at radius 1 is 1.01 bits per heavy atom. The van der Waals surface area contributed by atoms with Crippen LogP contribution in [0.4, 0.5) is 16.2 Å². The van der Waals surface area contributed by atoms with Gasteiger partial charge in [-0.25, -0.2) is 14.4 Å². The number of carbonyl (C=O) groups is 4. The van der Waals surface area contributed by atoms with Crippen LogP contribution in [0.2, 0.25) is 5.02 Å². The monoisotopic (exact) mass is 1100 g/mol. The normalized spacial score (nSPS) is 16.4. The number of nitrogens with one attached hydrogen (secondary N) is 2. The Bertz CT molecular complexity index is 3390. The summed E-state index contributed by atoms with van der Waals surface area (Å²) in [6.07, 6.45) is -0.851. The van der Waals surface area contributed by atoms with Crippen LogP contribution in [0.3, 0.4) is 0 Å². The number of fused-ring (bicyclic) bond motifs is 2. The number of likely N-dealkylation sites (N-methyl/N-ethyl adjacent to an activating group) is 1. The van der Waals surface area contributed by atoms with Gasteiger partial charge in [0.2, 0.25) is 29.6 Å². The van der Waals surface area contributed by atoms with Gasteiger partial charge in [0.05, 0.1) is 46.9 Å². The van der Waals surface area contributed by atoms with E-state index in [2.05, 4.69) is 25.8 Å². The molecular weight excluding hydrogens is 1040 g/mol. The predicted molar refractivity (Wildman–Crippen MR) is 295 cm³/mol. The van der Waals surface area contributed by atoms with Crippen molar-refractivity contribution in [3.05, 3.63) is 100 Å². The van der Waals surface area contributed by atoms with Crippen molar-refractivity contribution < 1.29 is 47.8 Å². The van der Waals surface area contributed by atoms with E-state index < -0.39 is 41.7 Å². The zero-order valence-corrected chi connectivity index (χ0v) is 46.0. The first kappa shape index (κ1) is 55.1. The highest BCUT2D eigenvalue weighted by Crippen LogP contribution is 2.43. The standard InChI is InChI=1S/C56H62ClFN10O9S/c1-30(2)48(55(74)68-28-37(71)25-43(68)54(73)61-31(3)38-13-12-35(23-44(38)75-7)52-32(4)60-29-78-52)45-27-46(64-77-45)76-21-20-65(6)47(72)14-15-59-56-62-51-41(53(63-56)67-18-16-66(17-19-67)33(5)69)26-42(57)49(50(51)58)40-24-36(70)22-34-10-8-9-11-39(34)40/h8-13,22-24,26-27,29-31,37,43,48,70-71H,14-21,25,28H2,1-7H3,(H,61,73)(H,59,62,63)/t31-,37+,43-,48+/m0/s1. The molecular formula is C56H62ClFN10O9S. The van der Waals surface area contributed by atoms with E-state index in [0.717, 1.165) is 21.7 Å². The summed E-state index contributed by atoms with van der Waals surface area (Å²) >= 11 is 8.42. The lowest BCUT2D eigenvalue weighted by molar-refractivity contribution is -0.141. The Hall–Kier alpha value is -7.62. The minimum Gasteiger partial charge on any atom is -0.508 e. The van der Waals surface area contributed by atoms with Crippen LogP contribution in [0.1, 0.15) is 69.5 Å². The molecule has 3 aromatic heterocycles. The van der Waals surface area contributed by atoms with Gasteiger partial charge in [0.25, 0.3) is 5.88 Å². The SMILES string of the molecule is COc1cc(-c2scnc2C)ccc1[C@H](C)NC(=O)[C@@H]1C[C@@H](O)CN1C(=O)[C@@H](c1cc(OCCN(C)C(=O)CCNc2nc(N3CCN(C(C)=O)CC3)c3cc(Cl)c(-c4cc(O)cc5ccccc45)c(F)c3n2)no1)C(C)C. The molecule has 4 N–H and O–H groups in total. The Morgan fingerprint density at radius 2 is 1.78 bits per heavy atom. The van der Waals surface area contributed by atoms with Crippen molar-refractivity contribution in [2.75, 3.05) is 76.8 Å². The molecule has 9 rings (SSSR count). The van der Waals surface area contributed by atoms with E-state index in [0.29, 0.717) is 59.5 Å². The minimum absolute atomic E-state index is 0.0126. The number of ether oxygens (including phenoxy) is 2. The van der Waals surface area contributed by atoms with Gasteiger partial charge in [-0.3, -0.25) is 19.2 Å². The van der Waals surface area contributed by atoms with E-state index in [4.69, 9.17) is 30.6 Å². The third kappa shape index (κ3) is 11.6. The number of β-amino-alcohol motifs (C(OH)–C–C–N with tert-alkyl or cyclic N) is 1. The van der Waals surface area contributed by atoms with E-state index in [1.54, 1.807) is 36.7 Å². The summed E-state index contributed by atoms with van der Waals surface area (Å²) in [5.74, 6) is -1.63. The maximum absolute atomic E-state index is 17.1. The molecule has 22 heteroatoms. The van der Waals surface area contributed by atoms with Gasteiger partial charge in [0.15, 0.2) is 11.6 Å². The van der Waals surface area contributed by atoms with Crippen LogP contribution < -0.4 is 25.0 Å². The first-order valence-electron chi connectivity index (χ1n) is 25.8. The first-order valence-corrected chi connectivity index (χ1v) is 27.0. The number of rotatable bonds is 18. The maximum atomic E-state index is 17.1. The average molecular weight is 1110 g/mol. The number of halogens is 2. The van der Waals surface area contributed by atoms with Crippen LogP contribution in [0.25, 0.3) is 43.2 Å². The van der Waals surface area contributed by atoms with Gasteiger partial charge in [-0.1, -0.05) is 61.8 Å². The number of aliphatic hydroxyl groups is 1. The fourth-order valence-electron chi connectivity index (χ4n) is 10.2. The molecule has 0 unspecified atom stereocenters. The van der Waals surface area contributed by atoms with Crippen LogP contribution >= 0.6 is 22.9 Å². The number of likely N-dealkylation sites (tertiary alicyclic amines) is 1. The Labute approximate surface area is 459 Å². The zero-order valence-electron chi connectivity index (χ0n) is 44.4. The van der Waals surface area contributed by atoms with E-state index in [-0.39, 0.29) is 96.3 Å². The molecule has 2 aliphatic rings. The van der Waals surface area contributed by atoms with Crippen molar-refractivity contribution in [2.45, 2.75) is 71.6 Å². The molecule has 2 saturated heterocycles. The minimum atomic E-state index is -0.948. The van der Waals surface area contributed by atoms with Crippen LogP contribution in [0, 0.1) is 18.7 Å². The summed E-state index contributed by atoms with van der Waals surface area (Å²) in [6, 6.07) is 17.8. The largest absolute Gasteiger partial charge is 0.508 e. The molecule has 4 atom stereocenters. The molecule has 0 radical (unpaired) electrons. The summed E-state index contributed by atoms with van der Waals surface area (Å²) in [7, 11) is 3.19. The quantitative estimate of drug-likeness (QED) is 0.0639. The number of phenolic OH excluding ortho intramolecular Hbond substituents is 1. The number of hydrogen-bond donors (Lipinski definition) is 4. The lowest BCUT2D eigenvalue weighted by Crippen LogP contribution is -2.48. The van der Waals surface area contributed by atoms with Gasteiger partial charge >= 0.3 is 0 Å². The van der Waals surface area contributed by atoms with Crippen molar-refractivity contribution in [1.82, 2.24) is 40.1 Å². The molecule has 2 fully saturated rings. The van der Waals surface area contributed by atoms with Gasteiger partial charge in [0.1, 0.15) is 41.4 Å². The summed E-state index contributed by atoms with van der Waals surface area (Å²) in [4.78, 5) is 75.2. The van der Waals surface area contributed by atoms with Gasteiger partial charge in [-0.15, -0.1) is 11.3 Å². The number of phenols is 1. The maximum Gasteiger partial charge on any atom is 0.254 e. The van der Waals surface area contributed by atoms with Gasteiger partial charge < -0.3 is 54.4 Å². The average Bonchev–Trinajstić information content (AvgIpc) is 4.24. The van der Waals surface area contributed by atoms with Crippen LogP contribution in [-0.2, 0) is 19.2 Å². The summed E-state index contributed by atoms with van der Waals surface area (Å²) in [5, 5.41) is 33.5. The number of amides is 4. The van der Waals surface area contributed by atoms with Gasteiger partial charge in [-0.05, 0) is 71.1 Å². The van der Waals surface area contributed by atoms with Crippen molar-refractivity contribution in [2.24, 2.45) is 5.92 Å². The van der Waals surface area contributed by atoms with E-state index in [1.807, 2.05) is 75.1 Å². The molecule has 4 aromatic carbocycles. The number of aromatic nitrogens is 4. The van der Waals surface area contributed by atoms with E-state index in [9.17, 15) is 29.4 Å². The van der Waals surface area contributed by atoms with Crippen molar-refractivity contribution >= 4 is 80.0 Å². The second-order valence-corrected chi connectivity index (χ2v) is 21.3. The van der Waals surface area contributed by atoms with Gasteiger partial charge in [-0.2, -0.15) is 4.98 Å². The molecule has 5 heterocycles. The number of benzene rings is 4. The second-order valence-electron chi connectivity index (χ2n) is 20.0. The number of nitrogens with zero attached hydrogens (tertiary/aromatic N) is 8. The summed E-state index contributed by atoms with van der Waals surface area (Å²) in [6.45, 7) is 11.0. The lowest BCUT2D eigenvalue weighted by Gasteiger charge is -2.35. The number of carbonyl (C=O) groups excluding carboxylic acids is 4. The molecule has 7 aromatic rings. The summed E-state index contributed by atoms with van der Waals surface area (Å²) < 4.78 is 34.4. The first-order chi connectivity index (χ1) is 37.4. The van der Waals surface area contributed by atoms with Gasteiger partial charge in [0, 0.05) is 88.7 Å². The van der Waals surface area contributed by atoms with Crippen LogP contribution in [-0.4, -0.2) is 147 Å². The van der Waals surface area contributed by atoms with Crippen LogP contribution in [0.15, 0.2) is 76.8 Å². The third-order valence-corrected chi connectivity index (χ3v) is 15.7. The molecule has 0 saturated carbocycles. The number of anilines is 2. The molecule has 0 spiro atoms. The number of hydrogen-bond acceptors (Lipinski definition) is 16. The molecule has 2 aliphatic heterocycles. The molecule has 410 valence electrons. The van der Waals surface area contributed by atoms with Crippen LogP contribution in [0.5, 0.6) is 17.4 Å².